The Morgan fingerprint density at radius 3 is 2.69 bits per heavy atom. The van der Waals surface area contributed by atoms with Gasteiger partial charge in [0, 0.05) is 13.1 Å². The molecule has 1 amide bonds. The van der Waals surface area contributed by atoms with Crippen LogP contribution < -0.4 is 10.2 Å². The fourth-order valence-electron chi connectivity index (χ4n) is 3.15. The number of hydrogen-bond donors (Lipinski definition) is 1. The van der Waals surface area contributed by atoms with E-state index in [0.717, 1.165) is 18.9 Å². The Hall–Kier alpha value is -2.90. The van der Waals surface area contributed by atoms with Crippen LogP contribution in [-0.4, -0.2) is 42.2 Å². The second-order valence-electron chi connectivity index (χ2n) is 6.59. The highest BCUT2D eigenvalue weighted by Crippen LogP contribution is 2.29. The van der Waals surface area contributed by atoms with Crippen LogP contribution in [0.15, 0.2) is 47.0 Å². The number of ether oxygens (including phenoxy) is 1. The molecule has 0 aliphatic carbocycles. The van der Waals surface area contributed by atoms with Crippen LogP contribution >= 0.6 is 11.6 Å². The zero-order chi connectivity index (χ0) is 20.2. The number of halogens is 1. The number of aryl methyl sites for hydroxylation is 1. The lowest BCUT2D eigenvalue weighted by Gasteiger charge is -2.27. The first-order valence-electron chi connectivity index (χ1n) is 9.50. The highest BCUT2D eigenvalue weighted by Gasteiger charge is 2.21. The fourth-order valence-corrected chi connectivity index (χ4v) is 3.36. The number of benzene rings is 1. The predicted molar refractivity (Wildman–Crippen MR) is 112 cm³/mol. The molecule has 0 saturated carbocycles. The van der Waals surface area contributed by atoms with Crippen molar-refractivity contribution in [1.82, 2.24) is 9.97 Å². The number of nitrogens with zero attached hydrogens (tertiary/aromatic N) is 3. The Labute approximate surface area is 173 Å². The van der Waals surface area contributed by atoms with Gasteiger partial charge in [0.15, 0.2) is 0 Å². The van der Waals surface area contributed by atoms with Crippen LogP contribution in [-0.2, 0) is 11.2 Å². The summed E-state index contributed by atoms with van der Waals surface area (Å²) in [4.78, 5) is 23.8. The van der Waals surface area contributed by atoms with Crippen LogP contribution in [0.1, 0.15) is 23.2 Å². The Morgan fingerprint density at radius 2 is 2.00 bits per heavy atom. The number of rotatable bonds is 5. The molecule has 1 saturated heterocycles. The van der Waals surface area contributed by atoms with E-state index in [9.17, 15) is 4.79 Å². The summed E-state index contributed by atoms with van der Waals surface area (Å²) in [7, 11) is 0. The summed E-state index contributed by atoms with van der Waals surface area (Å²) in [5.74, 6) is 1.01. The van der Waals surface area contributed by atoms with Gasteiger partial charge in [-0.25, -0.2) is 9.97 Å². The van der Waals surface area contributed by atoms with Crippen LogP contribution in [0.25, 0.3) is 11.5 Å². The summed E-state index contributed by atoms with van der Waals surface area (Å²) in [6.45, 7) is 4.92. The van der Waals surface area contributed by atoms with Gasteiger partial charge < -0.3 is 19.4 Å². The molecule has 4 rings (SSSR count). The Kier molecular flexibility index (Phi) is 5.78. The topological polar surface area (TPSA) is 80.5 Å². The van der Waals surface area contributed by atoms with Gasteiger partial charge in [0.05, 0.1) is 41.4 Å². The average molecular weight is 413 g/mol. The fraction of sp³-hybridized carbons (Fsp3) is 0.286. The third kappa shape index (κ3) is 4.26. The van der Waals surface area contributed by atoms with Crippen molar-refractivity contribution in [2.24, 2.45) is 0 Å². The average Bonchev–Trinajstić information content (AvgIpc) is 3.20. The Bertz CT molecular complexity index is 997. The second-order valence-corrected chi connectivity index (χ2v) is 6.99. The lowest BCUT2D eigenvalue weighted by molar-refractivity contribution is 0.0996. The third-order valence-corrected chi connectivity index (χ3v) is 5.01. The molecule has 150 valence electrons. The van der Waals surface area contributed by atoms with Crippen molar-refractivity contribution in [2.75, 3.05) is 36.5 Å². The standard InChI is InChI=1S/C21H21ClN4O3/c1-2-17-19(29-21(25-17)15-5-3-4-6-16(15)22)20(27)24-14-7-8-18(23-13-14)26-9-11-28-12-10-26/h3-8,13H,2,9-12H2,1H3,(H,24,27). The van der Waals surface area contributed by atoms with E-state index in [0.29, 0.717) is 47.5 Å². The molecule has 3 aromatic rings. The number of carbonyl (C=O) groups excluding carboxylic acids is 1. The number of pyridine rings is 1. The van der Waals surface area contributed by atoms with E-state index in [4.69, 9.17) is 20.8 Å². The molecule has 0 spiro atoms. The van der Waals surface area contributed by atoms with Crippen LogP contribution in [0.5, 0.6) is 0 Å². The van der Waals surface area contributed by atoms with Gasteiger partial charge in [0.1, 0.15) is 5.82 Å². The SMILES string of the molecule is CCc1nc(-c2ccccc2Cl)oc1C(=O)Nc1ccc(N2CCOCC2)nc1. The minimum atomic E-state index is -0.367. The van der Waals surface area contributed by atoms with Crippen molar-refractivity contribution in [2.45, 2.75) is 13.3 Å². The van der Waals surface area contributed by atoms with Crippen LogP contribution in [0.3, 0.4) is 0 Å². The molecule has 0 bridgehead atoms. The number of aromatic nitrogens is 2. The minimum Gasteiger partial charge on any atom is -0.431 e. The molecular weight excluding hydrogens is 392 g/mol. The molecule has 8 heteroatoms. The molecule has 0 atom stereocenters. The summed E-state index contributed by atoms with van der Waals surface area (Å²) in [6.07, 6.45) is 2.20. The quantitative estimate of drug-likeness (QED) is 0.681. The number of hydrogen-bond acceptors (Lipinski definition) is 6. The van der Waals surface area contributed by atoms with Crippen molar-refractivity contribution in [3.8, 4) is 11.5 Å². The van der Waals surface area contributed by atoms with Crippen molar-refractivity contribution >= 4 is 29.0 Å². The Morgan fingerprint density at radius 1 is 1.21 bits per heavy atom. The first kappa shape index (κ1) is 19.4. The Balaban J connectivity index is 1.51. The summed E-state index contributed by atoms with van der Waals surface area (Å²) in [5, 5.41) is 3.35. The van der Waals surface area contributed by atoms with Crippen LogP contribution in [0.2, 0.25) is 5.02 Å². The van der Waals surface area contributed by atoms with Gasteiger partial charge in [-0.15, -0.1) is 0 Å². The van der Waals surface area contributed by atoms with Gasteiger partial charge >= 0.3 is 0 Å². The van der Waals surface area contributed by atoms with Gasteiger partial charge in [-0.1, -0.05) is 30.7 Å². The van der Waals surface area contributed by atoms with E-state index in [2.05, 4.69) is 20.2 Å². The number of carbonyl (C=O) groups is 1. The van der Waals surface area contributed by atoms with Crippen molar-refractivity contribution < 1.29 is 13.9 Å². The van der Waals surface area contributed by atoms with E-state index in [-0.39, 0.29) is 11.7 Å². The number of nitrogens with one attached hydrogen (secondary N) is 1. The number of anilines is 2. The minimum absolute atomic E-state index is 0.180. The molecule has 29 heavy (non-hydrogen) atoms. The first-order chi connectivity index (χ1) is 14.2. The molecule has 1 aliphatic rings. The number of morpholine rings is 1. The van der Waals surface area contributed by atoms with Gasteiger partial charge in [0.2, 0.25) is 11.7 Å². The molecule has 1 N–H and O–H groups in total. The normalized spacial score (nSPS) is 14.1. The first-order valence-corrected chi connectivity index (χ1v) is 9.88. The molecular formula is C21H21ClN4O3. The summed E-state index contributed by atoms with van der Waals surface area (Å²) in [6, 6.07) is 11.0. The maximum Gasteiger partial charge on any atom is 0.293 e. The molecule has 0 unspecified atom stereocenters. The summed E-state index contributed by atoms with van der Waals surface area (Å²) >= 11 is 6.23. The molecule has 0 radical (unpaired) electrons. The molecule has 1 aliphatic heterocycles. The van der Waals surface area contributed by atoms with Gasteiger partial charge in [0.25, 0.3) is 5.91 Å². The van der Waals surface area contributed by atoms with Crippen molar-refractivity contribution in [1.29, 1.82) is 0 Å². The number of oxazole rings is 1. The number of amides is 1. The summed E-state index contributed by atoms with van der Waals surface area (Å²) in [5.41, 5.74) is 1.82. The van der Waals surface area contributed by atoms with E-state index in [1.165, 1.54) is 0 Å². The monoisotopic (exact) mass is 412 g/mol. The zero-order valence-electron chi connectivity index (χ0n) is 16.0. The van der Waals surface area contributed by atoms with E-state index in [1.807, 2.05) is 37.3 Å². The van der Waals surface area contributed by atoms with E-state index < -0.39 is 0 Å². The highest BCUT2D eigenvalue weighted by molar-refractivity contribution is 6.33. The molecule has 2 aromatic heterocycles. The maximum atomic E-state index is 12.8. The smallest absolute Gasteiger partial charge is 0.293 e. The molecule has 7 nitrogen and oxygen atoms in total. The van der Waals surface area contributed by atoms with Crippen molar-refractivity contribution in [3.05, 3.63) is 59.1 Å². The summed E-state index contributed by atoms with van der Waals surface area (Å²) < 4.78 is 11.1. The largest absolute Gasteiger partial charge is 0.431 e. The zero-order valence-corrected chi connectivity index (χ0v) is 16.8. The molecule has 1 aromatic carbocycles. The third-order valence-electron chi connectivity index (χ3n) is 4.68. The molecule has 1 fully saturated rings. The maximum absolute atomic E-state index is 12.8. The van der Waals surface area contributed by atoms with E-state index >= 15 is 0 Å². The van der Waals surface area contributed by atoms with Crippen LogP contribution in [0, 0.1) is 0 Å². The highest BCUT2D eigenvalue weighted by atomic mass is 35.5. The van der Waals surface area contributed by atoms with E-state index in [1.54, 1.807) is 12.3 Å². The molecule has 3 heterocycles. The lowest BCUT2D eigenvalue weighted by atomic mass is 10.2. The van der Waals surface area contributed by atoms with Crippen molar-refractivity contribution in [3.63, 3.8) is 0 Å². The van der Waals surface area contributed by atoms with Gasteiger partial charge in [-0.05, 0) is 30.7 Å². The van der Waals surface area contributed by atoms with Crippen LogP contribution in [0.4, 0.5) is 11.5 Å². The predicted octanol–water partition coefficient (Wildman–Crippen LogP) is 4.04. The second kappa shape index (κ2) is 8.63. The van der Waals surface area contributed by atoms with Gasteiger partial charge in [-0.2, -0.15) is 0 Å². The van der Waals surface area contributed by atoms with Gasteiger partial charge in [-0.3, -0.25) is 4.79 Å². The lowest BCUT2D eigenvalue weighted by Crippen LogP contribution is -2.36.